The van der Waals surface area contributed by atoms with Crippen LogP contribution in [0.15, 0.2) is 18.2 Å². The Morgan fingerprint density at radius 2 is 2.04 bits per heavy atom. The van der Waals surface area contributed by atoms with Gasteiger partial charge in [0.2, 0.25) is 0 Å². The first-order valence-corrected chi connectivity index (χ1v) is 8.37. The number of aromatic nitrogens is 1. The molecule has 0 radical (unpaired) electrons. The van der Waals surface area contributed by atoms with Crippen molar-refractivity contribution in [1.29, 1.82) is 0 Å². The Morgan fingerprint density at radius 1 is 1.33 bits per heavy atom. The van der Waals surface area contributed by atoms with E-state index in [1.165, 1.54) is 18.2 Å². The number of thiazole rings is 1. The molecule has 0 unspecified atom stereocenters. The number of anilines is 1. The molecule has 5 nitrogen and oxygen atoms in total. The number of halogens is 3. The van der Waals surface area contributed by atoms with Crippen molar-refractivity contribution in [3.63, 3.8) is 0 Å². The summed E-state index contributed by atoms with van der Waals surface area (Å²) in [6.45, 7) is -1.90. The average molecular weight is 373 g/mol. The number of nitrogens with zero attached hydrogens (tertiary/aromatic N) is 2. The maximum absolute atomic E-state index is 12.6. The van der Waals surface area contributed by atoms with Gasteiger partial charge in [0, 0.05) is 36.5 Å². The SMILES string of the molecule is [NH-]c1sc(N2CCC(=O)CC2)nc1-c1cc(Cl)ccc1OC(F)F. The molecule has 0 amide bonds. The standard InChI is InChI=1S/C15H13ClF2N3O2S/c16-8-1-2-11(23-14(17)18)10(7-8)12-13(19)24-15(20-12)21-5-3-9(22)4-6-21/h1-2,7,14,19H,3-6H2/q-1. The number of carbonyl (C=O) groups excluding carboxylic acids is 1. The highest BCUT2D eigenvalue weighted by atomic mass is 35.5. The number of ketones is 1. The molecule has 2 aromatic rings. The van der Waals surface area contributed by atoms with Crippen molar-refractivity contribution in [2.45, 2.75) is 19.5 Å². The fourth-order valence-corrected chi connectivity index (χ4v) is 3.52. The largest absolute Gasteiger partial charge is 0.688 e. The molecule has 128 valence electrons. The molecule has 0 atom stereocenters. The average Bonchev–Trinajstić information content (AvgIpc) is 2.91. The zero-order chi connectivity index (χ0) is 17.3. The van der Waals surface area contributed by atoms with E-state index >= 15 is 0 Å². The summed E-state index contributed by atoms with van der Waals surface area (Å²) >= 11 is 7.09. The molecule has 0 saturated carbocycles. The molecule has 1 aromatic heterocycles. The fraction of sp³-hybridized carbons (Fsp3) is 0.333. The molecule has 2 heterocycles. The summed E-state index contributed by atoms with van der Waals surface area (Å²) < 4.78 is 29.7. The van der Waals surface area contributed by atoms with Crippen LogP contribution in [0.5, 0.6) is 5.75 Å². The number of ether oxygens (including phenoxy) is 1. The maximum atomic E-state index is 12.6. The number of alkyl halides is 2. The van der Waals surface area contributed by atoms with Crippen LogP contribution in [-0.4, -0.2) is 30.5 Å². The second kappa shape index (κ2) is 6.90. The van der Waals surface area contributed by atoms with E-state index in [-0.39, 0.29) is 27.8 Å². The molecule has 24 heavy (non-hydrogen) atoms. The van der Waals surface area contributed by atoms with Gasteiger partial charge in [-0.15, -0.1) is 11.3 Å². The summed E-state index contributed by atoms with van der Waals surface area (Å²) in [5, 5.41) is 1.05. The van der Waals surface area contributed by atoms with Gasteiger partial charge < -0.3 is 15.4 Å². The van der Waals surface area contributed by atoms with Gasteiger partial charge in [-0.3, -0.25) is 4.79 Å². The van der Waals surface area contributed by atoms with Gasteiger partial charge in [0.05, 0.1) is 5.69 Å². The molecule has 1 fully saturated rings. The first kappa shape index (κ1) is 16.9. The molecule has 0 aliphatic carbocycles. The van der Waals surface area contributed by atoms with Crippen molar-refractivity contribution < 1.29 is 18.3 Å². The molecule has 3 rings (SSSR count). The van der Waals surface area contributed by atoms with Crippen molar-refractivity contribution >= 4 is 38.9 Å². The van der Waals surface area contributed by atoms with Crippen LogP contribution >= 0.6 is 22.9 Å². The van der Waals surface area contributed by atoms with Gasteiger partial charge in [0.1, 0.15) is 11.5 Å². The maximum Gasteiger partial charge on any atom is 0.387 e. The Labute approximate surface area is 146 Å². The summed E-state index contributed by atoms with van der Waals surface area (Å²) in [5.74, 6) is 0.130. The third-order valence-electron chi connectivity index (χ3n) is 3.62. The van der Waals surface area contributed by atoms with E-state index in [1.807, 2.05) is 4.90 Å². The van der Waals surface area contributed by atoms with E-state index in [2.05, 4.69) is 9.72 Å². The van der Waals surface area contributed by atoms with Crippen molar-refractivity contribution in [3.8, 4) is 17.0 Å². The van der Waals surface area contributed by atoms with Crippen molar-refractivity contribution in [2.24, 2.45) is 0 Å². The van der Waals surface area contributed by atoms with Crippen molar-refractivity contribution in [2.75, 3.05) is 18.0 Å². The van der Waals surface area contributed by atoms with E-state index in [0.29, 0.717) is 36.1 Å². The molecule has 0 spiro atoms. The van der Waals surface area contributed by atoms with Crippen LogP contribution in [0.1, 0.15) is 12.8 Å². The molecule has 1 aliphatic heterocycles. The van der Waals surface area contributed by atoms with Gasteiger partial charge in [-0.2, -0.15) is 8.78 Å². The second-order valence-corrected chi connectivity index (χ2v) is 6.63. The minimum absolute atomic E-state index is 0.0754. The van der Waals surface area contributed by atoms with Crippen LogP contribution < -0.4 is 9.64 Å². The van der Waals surface area contributed by atoms with Crippen LogP contribution in [-0.2, 0) is 4.79 Å². The lowest BCUT2D eigenvalue weighted by Gasteiger charge is -2.25. The Balaban J connectivity index is 1.95. The van der Waals surface area contributed by atoms with E-state index < -0.39 is 6.61 Å². The zero-order valence-electron chi connectivity index (χ0n) is 12.4. The Kier molecular flexibility index (Phi) is 4.86. The molecule has 1 saturated heterocycles. The highest BCUT2D eigenvalue weighted by molar-refractivity contribution is 7.20. The van der Waals surface area contributed by atoms with Crippen LogP contribution in [0.25, 0.3) is 17.0 Å². The van der Waals surface area contributed by atoms with Gasteiger partial charge in [-0.25, -0.2) is 4.98 Å². The molecule has 1 aromatic carbocycles. The number of piperidine rings is 1. The van der Waals surface area contributed by atoms with Gasteiger partial charge in [0.25, 0.3) is 0 Å². The van der Waals surface area contributed by atoms with Gasteiger partial charge in [0.15, 0.2) is 5.13 Å². The summed E-state index contributed by atoms with van der Waals surface area (Å²) in [7, 11) is 0. The lowest BCUT2D eigenvalue weighted by Crippen LogP contribution is -2.33. The third-order valence-corrected chi connectivity index (χ3v) is 4.78. The van der Waals surface area contributed by atoms with Crippen LogP contribution in [0.3, 0.4) is 0 Å². The monoisotopic (exact) mass is 372 g/mol. The molecule has 1 N–H and O–H groups in total. The topological polar surface area (TPSA) is 66.2 Å². The highest BCUT2D eigenvalue weighted by Gasteiger charge is 2.21. The lowest BCUT2D eigenvalue weighted by atomic mass is 10.1. The second-order valence-electron chi connectivity index (χ2n) is 5.22. The number of benzene rings is 1. The smallest absolute Gasteiger partial charge is 0.387 e. The first-order chi connectivity index (χ1) is 11.4. The number of rotatable bonds is 4. The molecular formula is C15H13ClF2N3O2S-. The Morgan fingerprint density at radius 3 is 2.71 bits per heavy atom. The van der Waals surface area contributed by atoms with Gasteiger partial charge in [-0.1, -0.05) is 16.6 Å². The van der Waals surface area contributed by atoms with Crippen LogP contribution in [0, 0.1) is 0 Å². The van der Waals surface area contributed by atoms with E-state index in [9.17, 15) is 13.6 Å². The normalized spacial score (nSPS) is 15.2. The summed E-state index contributed by atoms with van der Waals surface area (Å²) in [6.07, 6.45) is 0.887. The fourth-order valence-electron chi connectivity index (χ4n) is 2.46. The predicted octanol–water partition coefficient (Wildman–Crippen LogP) is 4.92. The van der Waals surface area contributed by atoms with E-state index in [0.717, 1.165) is 11.3 Å². The molecular weight excluding hydrogens is 360 g/mol. The number of Topliss-reactive ketones (excluding diaryl/α,β-unsaturated/α-hetero) is 1. The third kappa shape index (κ3) is 3.59. The van der Waals surface area contributed by atoms with Gasteiger partial charge >= 0.3 is 6.61 Å². The highest BCUT2D eigenvalue weighted by Crippen LogP contribution is 2.43. The summed E-state index contributed by atoms with van der Waals surface area (Å²) in [4.78, 5) is 17.7. The lowest BCUT2D eigenvalue weighted by molar-refractivity contribution is -0.119. The number of hydrogen-bond donors (Lipinski definition) is 0. The van der Waals surface area contributed by atoms with Crippen LogP contribution in [0.4, 0.5) is 18.9 Å². The minimum Gasteiger partial charge on any atom is -0.688 e. The van der Waals surface area contributed by atoms with Gasteiger partial charge in [-0.05, 0) is 18.2 Å². The molecule has 1 aliphatic rings. The number of carbonyl (C=O) groups is 1. The molecule has 0 bridgehead atoms. The minimum atomic E-state index is -2.98. The predicted molar refractivity (Wildman–Crippen MR) is 89.6 cm³/mol. The van der Waals surface area contributed by atoms with Crippen molar-refractivity contribution in [1.82, 2.24) is 4.98 Å². The Bertz CT molecular complexity index is 759. The first-order valence-electron chi connectivity index (χ1n) is 7.18. The summed E-state index contributed by atoms with van der Waals surface area (Å²) in [5.41, 5.74) is 8.61. The number of nitrogens with one attached hydrogen (secondary N) is 1. The van der Waals surface area contributed by atoms with E-state index in [1.54, 1.807) is 0 Å². The quantitative estimate of drug-likeness (QED) is 0.764. The van der Waals surface area contributed by atoms with Crippen LogP contribution in [0.2, 0.25) is 5.02 Å². The van der Waals surface area contributed by atoms with E-state index in [4.69, 9.17) is 17.3 Å². The Hall–Kier alpha value is -1.93. The number of hydrogen-bond acceptors (Lipinski definition) is 5. The zero-order valence-corrected chi connectivity index (χ0v) is 14.0. The summed E-state index contributed by atoms with van der Waals surface area (Å²) in [6, 6.07) is 4.23. The molecule has 9 heteroatoms. The van der Waals surface area contributed by atoms with Crippen molar-refractivity contribution in [3.05, 3.63) is 29.0 Å².